The summed E-state index contributed by atoms with van der Waals surface area (Å²) in [6.45, 7) is 6.55. The number of hydrogen-bond donors (Lipinski definition) is 1. The van der Waals surface area contributed by atoms with Crippen molar-refractivity contribution in [2.24, 2.45) is 5.92 Å². The monoisotopic (exact) mass is 468 g/mol. The van der Waals surface area contributed by atoms with Crippen LogP contribution in [0, 0.1) is 11.7 Å². The molecular formula is C25H29FN4O4. The Morgan fingerprint density at radius 3 is 2.53 bits per heavy atom. The number of aromatic nitrogens is 3. The smallest absolute Gasteiger partial charge is 0.410 e. The molecule has 0 spiro atoms. The Hall–Kier alpha value is -3.62. The van der Waals surface area contributed by atoms with Gasteiger partial charge in [-0.3, -0.25) is 0 Å². The van der Waals surface area contributed by atoms with Gasteiger partial charge in [-0.1, -0.05) is 18.2 Å². The van der Waals surface area contributed by atoms with E-state index >= 15 is 4.39 Å². The van der Waals surface area contributed by atoms with Crippen molar-refractivity contribution in [1.29, 1.82) is 0 Å². The lowest BCUT2D eigenvalue weighted by molar-refractivity contribution is 0.0288. The molecule has 8 nitrogen and oxygen atoms in total. The van der Waals surface area contributed by atoms with Crippen molar-refractivity contribution in [3.63, 3.8) is 0 Å². The molecule has 180 valence electrons. The largest absolute Gasteiger partial charge is 0.497 e. The number of methoxy groups -OCH3 is 1. The fourth-order valence-corrected chi connectivity index (χ4v) is 4.12. The fraction of sp³-hybridized carbons (Fsp3) is 0.400. The van der Waals surface area contributed by atoms with Crippen molar-refractivity contribution >= 4 is 6.09 Å². The predicted octanol–water partition coefficient (Wildman–Crippen LogP) is 4.17. The number of carbonyl (C=O) groups excluding carboxylic acids is 1. The zero-order valence-electron chi connectivity index (χ0n) is 19.8. The highest BCUT2D eigenvalue weighted by atomic mass is 19.1. The van der Waals surface area contributed by atoms with Gasteiger partial charge in [-0.2, -0.15) is 5.10 Å². The topological polar surface area (TPSA) is 89.4 Å². The zero-order valence-corrected chi connectivity index (χ0v) is 19.8. The summed E-state index contributed by atoms with van der Waals surface area (Å²) < 4.78 is 27.0. The van der Waals surface area contributed by atoms with Crippen LogP contribution < -0.4 is 10.4 Å². The highest BCUT2D eigenvalue weighted by Crippen LogP contribution is 2.27. The van der Waals surface area contributed by atoms with Gasteiger partial charge in [0.2, 0.25) is 0 Å². The highest BCUT2D eigenvalue weighted by molar-refractivity contribution is 5.68. The van der Waals surface area contributed by atoms with Crippen molar-refractivity contribution in [1.82, 2.24) is 19.7 Å². The number of benzene rings is 2. The van der Waals surface area contributed by atoms with Gasteiger partial charge in [0.15, 0.2) is 0 Å². The molecule has 1 fully saturated rings. The van der Waals surface area contributed by atoms with Gasteiger partial charge in [-0.25, -0.2) is 23.6 Å². The minimum Gasteiger partial charge on any atom is -0.497 e. The highest BCUT2D eigenvalue weighted by Gasteiger charge is 2.31. The summed E-state index contributed by atoms with van der Waals surface area (Å²) in [6, 6.07) is 12.1. The van der Waals surface area contributed by atoms with Crippen LogP contribution in [-0.4, -0.2) is 51.6 Å². The third-order valence-corrected chi connectivity index (χ3v) is 5.76. The maximum atomic E-state index is 15.1. The van der Waals surface area contributed by atoms with Crippen LogP contribution >= 0.6 is 0 Å². The van der Waals surface area contributed by atoms with Gasteiger partial charge in [-0.05, 0) is 68.5 Å². The summed E-state index contributed by atoms with van der Waals surface area (Å²) in [5.41, 5.74) is 0.582. The van der Waals surface area contributed by atoms with E-state index in [2.05, 4.69) is 10.2 Å². The lowest BCUT2D eigenvalue weighted by atomic mass is 10.0. The second-order valence-electron chi connectivity index (χ2n) is 9.46. The normalized spacial score (nSPS) is 16.0. The molecule has 3 aromatic rings. The van der Waals surface area contributed by atoms with E-state index in [4.69, 9.17) is 9.47 Å². The average molecular weight is 469 g/mol. The Morgan fingerprint density at radius 1 is 1.18 bits per heavy atom. The summed E-state index contributed by atoms with van der Waals surface area (Å²) in [6.07, 6.45) is 0.825. The number of nitrogens with one attached hydrogen (secondary N) is 1. The fourth-order valence-electron chi connectivity index (χ4n) is 4.12. The van der Waals surface area contributed by atoms with Gasteiger partial charge in [-0.15, -0.1) is 0 Å². The van der Waals surface area contributed by atoms with Crippen LogP contribution in [0.3, 0.4) is 0 Å². The van der Waals surface area contributed by atoms with Crippen molar-refractivity contribution in [2.45, 2.75) is 39.2 Å². The number of hydrogen-bond acceptors (Lipinski definition) is 5. The van der Waals surface area contributed by atoms with Crippen molar-refractivity contribution in [2.75, 3.05) is 20.2 Å². The van der Waals surface area contributed by atoms with E-state index in [0.717, 1.165) is 12.0 Å². The maximum Gasteiger partial charge on any atom is 0.410 e. The number of likely N-dealkylation sites (tertiary alicyclic amines) is 1. The Kier molecular flexibility index (Phi) is 6.45. The van der Waals surface area contributed by atoms with E-state index in [1.165, 1.54) is 10.6 Å². The Morgan fingerprint density at radius 2 is 1.88 bits per heavy atom. The van der Waals surface area contributed by atoms with Crippen molar-refractivity contribution in [3.8, 4) is 22.6 Å². The molecule has 0 saturated carbocycles. The lowest BCUT2D eigenvalue weighted by Gasteiger charge is -2.24. The Balaban J connectivity index is 1.52. The summed E-state index contributed by atoms with van der Waals surface area (Å²) in [4.78, 5) is 26.5. The van der Waals surface area contributed by atoms with Crippen LogP contribution in [0.4, 0.5) is 9.18 Å². The molecule has 34 heavy (non-hydrogen) atoms. The third-order valence-electron chi connectivity index (χ3n) is 5.76. The molecule has 1 amide bonds. The number of halogens is 1. The average Bonchev–Trinajstić information content (AvgIpc) is 3.40. The minimum atomic E-state index is -0.562. The molecule has 1 aliphatic heterocycles. The standard InChI is InChI=1S/C25H29FN4O4/c1-25(2,3)34-24(32)29-12-11-16(15-29)13-22-27-28-23(31)30(22)21-10-7-18(14-20(21)26)17-5-8-19(33-4)9-6-17/h5-10,14,16H,11-13,15H2,1-4H3,(H,28,31)/t16-/m0/s1. The predicted molar refractivity (Wildman–Crippen MR) is 126 cm³/mol. The number of aromatic amines is 1. The molecule has 1 N–H and O–H groups in total. The quantitative estimate of drug-likeness (QED) is 0.607. The van der Waals surface area contributed by atoms with E-state index in [9.17, 15) is 9.59 Å². The van der Waals surface area contributed by atoms with Crippen LogP contribution in [0.5, 0.6) is 5.75 Å². The lowest BCUT2D eigenvalue weighted by Crippen LogP contribution is -2.35. The summed E-state index contributed by atoms with van der Waals surface area (Å²) in [7, 11) is 1.59. The molecule has 0 radical (unpaired) electrons. The zero-order chi connectivity index (χ0) is 24.5. The molecule has 1 atom stereocenters. The van der Waals surface area contributed by atoms with Gasteiger partial charge >= 0.3 is 11.8 Å². The maximum absolute atomic E-state index is 15.1. The summed E-state index contributed by atoms with van der Waals surface area (Å²) >= 11 is 0. The Bertz CT molecular complexity index is 1230. The number of amides is 1. The van der Waals surface area contributed by atoms with Crippen LogP contribution in [0.1, 0.15) is 33.0 Å². The van der Waals surface area contributed by atoms with E-state index in [-0.39, 0.29) is 17.7 Å². The van der Waals surface area contributed by atoms with E-state index in [1.54, 1.807) is 24.1 Å². The van der Waals surface area contributed by atoms with Crippen LogP contribution in [0.2, 0.25) is 0 Å². The number of H-pyrrole nitrogens is 1. The molecule has 1 aromatic heterocycles. The molecule has 0 aliphatic carbocycles. The third kappa shape index (κ3) is 5.13. The second-order valence-corrected chi connectivity index (χ2v) is 9.46. The molecule has 0 bridgehead atoms. The molecule has 2 aromatic carbocycles. The molecule has 1 saturated heterocycles. The summed E-state index contributed by atoms with van der Waals surface area (Å²) in [5, 5.41) is 6.57. The van der Waals surface area contributed by atoms with E-state index in [0.29, 0.717) is 36.6 Å². The minimum absolute atomic E-state index is 0.0862. The van der Waals surface area contributed by atoms with Crippen LogP contribution in [-0.2, 0) is 11.2 Å². The summed E-state index contributed by atoms with van der Waals surface area (Å²) in [5.74, 6) is 0.702. The van der Waals surface area contributed by atoms with Crippen LogP contribution in [0.25, 0.3) is 16.8 Å². The van der Waals surface area contributed by atoms with Gasteiger partial charge in [0.05, 0.1) is 12.8 Å². The first kappa shape index (κ1) is 23.5. The first-order valence-electron chi connectivity index (χ1n) is 11.2. The number of rotatable bonds is 5. The number of ether oxygens (including phenoxy) is 2. The van der Waals surface area contributed by atoms with Gasteiger partial charge in [0.25, 0.3) is 0 Å². The first-order chi connectivity index (χ1) is 16.1. The Labute approximate surface area is 197 Å². The molecular weight excluding hydrogens is 439 g/mol. The van der Waals surface area contributed by atoms with Crippen molar-refractivity contribution in [3.05, 3.63) is 64.6 Å². The van der Waals surface area contributed by atoms with Crippen LogP contribution in [0.15, 0.2) is 47.3 Å². The second kappa shape index (κ2) is 9.32. The first-order valence-corrected chi connectivity index (χ1v) is 11.2. The SMILES string of the molecule is COc1ccc(-c2ccc(-n3c(C[C@@H]4CCN(C(=O)OC(C)(C)C)C4)n[nH]c3=O)c(F)c2)cc1. The van der Waals surface area contributed by atoms with E-state index in [1.807, 2.05) is 45.0 Å². The molecule has 2 heterocycles. The number of nitrogens with zero attached hydrogens (tertiary/aromatic N) is 3. The van der Waals surface area contributed by atoms with Gasteiger partial charge in [0, 0.05) is 19.5 Å². The molecule has 1 aliphatic rings. The van der Waals surface area contributed by atoms with Crippen molar-refractivity contribution < 1.29 is 18.7 Å². The van der Waals surface area contributed by atoms with E-state index < -0.39 is 17.1 Å². The number of carbonyl (C=O) groups is 1. The molecule has 0 unspecified atom stereocenters. The molecule has 9 heteroatoms. The van der Waals surface area contributed by atoms with Gasteiger partial charge < -0.3 is 14.4 Å². The molecule has 4 rings (SSSR count). The van der Waals surface area contributed by atoms with Gasteiger partial charge in [0.1, 0.15) is 23.0 Å².